The van der Waals surface area contributed by atoms with Crippen molar-refractivity contribution in [2.75, 3.05) is 6.54 Å². The second kappa shape index (κ2) is 9.38. The van der Waals surface area contributed by atoms with E-state index >= 15 is 0 Å². The summed E-state index contributed by atoms with van der Waals surface area (Å²) in [5.74, 6) is -0.0983. The van der Waals surface area contributed by atoms with Gasteiger partial charge in [0.15, 0.2) is 0 Å². The molecule has 0 radical (unpaired) electrons. The summed E-state index contributed by atoms with van der Waals surface area (Å²) >= 11 is 8.30. The number of amides is 2. The first kappa shape index (κ1) is 21.8. The zero-order valence-corrected chi connectivity index (χ0v) is 19.8. The molecule has 0 spiro atoms. The van der Waals surface area contributed by atoms with Crippen molar-refractivity contribution in [1.29, 1.82) is 0 Å². The molecule has 1 fully saturated rings. The maximum Gasteiger partial charge on any atom is 0.266 e. The Morgan fingerprint density at radius 1 is 1.23 bits per heavy atom. The molecule has 0 saturated carbocycles. The number of nitrogens with zero attached hydrogens (tertiary/aromatic N) is 2. The summed E-state index contributed by atoms with van der Waals surface area (Å²) in [6.45, 7) is 5.34. The summed E-state index contributed by atoms with van der Waals surface area (Å²) in [6, 6.07) is 10.1. The van der Waals surface area contributed by atoms with Crippen LogP contribution in [0.1, 0.15) is 29.9 Å². The Bertz CT molecular complexity index is 1180. The molecule has 2 amide bonds. The minimum absolute atomic E-state index is 0.0416. The zero-order chi connectivity index (χ0) is 22.0. The number of rotatable bonds is 7. The van der Waals surface area contributed by atoms with Crippen LogP contribution in [-0.4, -0.2) is 32.1 Å². The van der Waals surface area contributed by atoms with E-state index in [2.05, 4.69) is 18.3 Å². The largest absolute Gasteiger partial charge is 0.350 e. The Morgan fingerprint density at radius 3 is 2.74 bits per heavy atom. The highest BCUT2D eigenvalue weighted by molar-refractivity contribution is 8.26. The van der Waals surface area contributed by atoms with Crippen molar-refractivity contribution in [3.63, 3.8) is 0 Å². The number of carbonyl (C=O) groups excluding carboxylic acids is 2. The van der Waals surface area contributed by atoms with Gasteiger partial charge >= 0.3 is 0 Å². The van der Waals surface area contributed by atoms with Gasteiger partial charge in [-0.15, -0.1) is 11.3 Å². The minimum atomic E-state index is -0.0567. The van der Waals surface area contributed by atoms with E-state index in [1.165, 1.54) is 17.3 Å². The molecule has 0 atom stereocenters. The molecule has 1 aliphatic heterocycles. The molecule has 0 unspecified atom stereocenters. The fourth-order valence-corrected chi connectivity index (χ4v) is 5.73. The van der Waals surface area contributed by atoms with Gasteiger partial charge in [0, 0.05) is 28.6 Å². The van der Waals surface area contributed by atoms with Gasteiger partial charge in [-0.05, 0) is 36.4 Å². The molecule has 1 aromatic carbocycles. The number of hydrogen-bond donors (Lipinski definition) is 1. The van der Waals surface area contributed by atoms with E-state index < -0.39 is 0 Å². The highest BCUT2D eigenvalue weighted by Gasteiger charge is 2.31. The number of thioether (sulfide) groups is 1. The van der Waals surface area contributed by atoms with Gasteiger partial charge in [-0.25, -0.2) is 0 Å². The van der Waals surface area contributed by atoms with Crippen molar-refractivity contribution in [2.45, 2.75) is 33.4 Å². The molecule has 5 nitrogen and oxygen atoms in total. The van der Waals surface area contributed by atoms with Crippen LogP contribution in [0.5, 0.6) is 0 Å². The summed E-state index contributed by atoms with van der Waals surface area (Å²) in [5, 5.41) is 6.03. The Balaban J connectivity index is 1.66. The Kier molecular flexibility index (Phi) is 6.60. The third-order valence-electron chi connectivity index (χ3n) is 5.22. The van der Waals surface area contributed by atoms with Crippen LogP contribution < -0.4 is 5.32 Å². The maximum atomic E-state index is 12.7. The lowest BCUT2D eigenvalue weighted by molar-refractivity contribution is -0.122. The van der Waals surface area contributed by atoms with Crippen LogP contribution >= 0.6 is 35.3 Å². The average Bonchev–Trinajstić information content (AvgIpc) is 3.46. The number of nitrogens with one attached hydrogen (secondary N) is 1. The molecule has 31 heavy (non-hydrogen) atoms. The Morgan fingerprint density at radius 2 is 2.06 bits per heavy atom. The van der Waals surface area contributed by atoms with Crippen molar-refractivity contribution in [3.8, 4) is 0 Å². The molecular formula is C23H23N3O2S3. The smallest absolute Gasteiger partial charge is 0.266 e. The predicted octanol–water partition coefficient (Wildman–Crippen LogP) is 4.80. The lowest BCUT2D eigenvalue weighted by Crippen LogP contribution is -2.27. The summed E-state index contributed by atoms with van der Waals surface area (Å²) in [4.78, 5) is 28.7. The van der Waals surface area contributed by atoms with E-state index in [-0.39, 0.29) is 18.4 Å². The quantitative estimate of drug-likeness (QED) is 0.399. The van der Waals surface area contributed by atoms with E-state index in [0.29, 0.717) is 22.3 Å². The fraction of sp³-hybridized carbons (Fsp3) is 0.261. The number of carbonyl (C=O) groups is 2. The molecule has 160 valence electrons. The van der Waals surface area contributed by atoms with Gasteiger partial charge in [0.25, 0.3) is 5.91 Å². The van der Waals surface area contributed by atoms with Crippen molar-refractivity contribution in [2.24, 2.45) is 0 Å². The second-order valence-corrected chi connectivity index (χ2v) is 9.87. The first-order valence-electron chi connectivity index (χ1n) is 10.2. The first-order valence-corrected chi connectivity index (χ1v) is 12.3. The van der Waals surface area contributed by atoms with Crippen LogP contribution in [0.2, 0.25) is 0 Å². The van der Waals surface area contributed by atoms with E-state index in [1.54, 1.807) is 16.2 Å². The van der Waals surface area contributed by atoms with Crippen molar-refractivity contribution in [3.05, 3.63) is 62.8 Å². The first-order chi connectivity index (χ1) is 15.0. The second-order valence-electron chi connectivity index (χ2n) is 7.16. The topological polar surface area (TPSA) is 54.3 Å². The highest BCUT2D eigenvalue weighted by atomic mass is 32.2. The fourth-order valence-electron chi connectivity index (χ4n) is 3.71. The molecule has 0 bridgehead atoms. The van der Waals surface area contributed by atoms with E-state index in [4.69, 9.17) is 12.2 Å². The lowest BCUT2D eigenvalue weighted by Gasteiger charge is -2.09. The Labute approximate surface area is 195 Å². The van der Waals surface area contributed by atoms with Crippen molar-refractivity contribution < 1.29 is 9.59 Å². The van der Waals surface area contributed by atoms with Gasteiger partial charge in [-0.1, -0.05) is 55.2 Å². The van der Waals surface area contributed by atoms with E-state index in [9.17, 15) is 9.59 Å². The normalized spacial score (nSPS) is 15.4. The van der Waals surface area contributed by atoms with Crippen LogP contribution in [0.4, 0.5) is 0 Å². The summed E-state index contributed by atoms with van der Waals surface area (Å²) in [5.41, 5.74) is 3.13. The van der Waals surface area contributed by atoms with Crippen LogP contribution in [0.15, 0.2) is 46.8 Å². The summed E-state index contributed by atoms with van der Waals surface area (Å²) in [7, 11) is 0. The van der Waals surface area contributed by atoms with Gasteiger partial charge in [0.1, 0.15) is 10.9 Å². The molecule has 3 aromatic rings. The maximum absolute atomic E-state index is 12.7. The van der Waals surface area contributed by atoms with Gasteiger partial charge in [0.05, 0.1) is 17.0 Å². The molecule has 1 N–H and O–H groups in total. The van der Waals surface area contributed by atoms with Crippen LogP contribution in [0, 0.1) is 0 Å². The van der Waals surface area contributed by atoms with Gasteiger partial charge < -0.3 is 9.88 Å². The molecule has 2 aromatic heterocycles. The molecule has 4 rings (SSSR count). The summed E-state index contributed by atoms with van der Waals surface area (Å²) < 4.78 is 2.58. The third-order valence-corrected chi connectivity index (χ3v) is 7.48. The number of thiophene rings is 1. The standard InChI is InChI=1S/C23H23N3O2S3/c1-3-15-7-5-9-18-16(11-19-22(28)26(4-2)23(29)31-19)13-25(21(15)18)14-20(27)24-12-17-8-6-10-30-17/h5-11,13H,3-4,12,14H2,1-2H3,(H,24,27)/b19-11-. The van der Waals surface area contributed by atoms with Crippen LogP contribution in [-0.2, 0) is 29.1 Å². The number of likely N-dealkylation sites (N-methyl/N-ethyl adjacent to an activating group) is 1. The number of aromatic nitrogens is 1. The Hall–Kier alpha value is -2.42. The SMILES string of the molecule is CCc1cccc2c(/C=C3\SC(=S)N(CC)C3=O)cn(CC(=O)NCc3cccs3)c12. The molecule has 3 heterocycles. The molecule has 8 heteroatoms. The van der Waals surface area contributed by atoms with Crippen molar-refractivity contribution >= 4 is 68.4 Å². The molecule has 1 aliphatic rings. The number of para-hydroxylation sites is 1. The van der Waals surface area contributed by atoms with Crippen molar-refractivity contribution in [1.82, 2.24) is 14.8 Å². The van der Waals surface area contributed by atoms with Crippen LogP contribution in [0.3, 0.4) is 0 Å². The number of thiocarbonyl (C=S) groups is 1. The molecular weight excluding hydrogens is 446 g/mol. The van der Waals surface area contributed by atoms with Gasteiger partial charge in [0.2, 0.25) is 5.91 Å². The summed E-state index contributed by atoms with van der Waals surface area (Å²) in [6.07, 6.45) is 4.72. The lowest BCUT2D eigenvalue weighted by atomic mass is 10.1. The van der Waals surface area contributed by atoms with E-state index in [0.717, 1.165) is 27.8 Å². The number of aryl methyl sites for hydroxylation is 1. The molecule has 1 saturated heterocycles. The van der Waals surface area contributed by atoms with Crippen LogP contribution in [0.25, 0.3) is 17.0 Å². The number of hydrogen-bond acceptors (Lipinski definition) is 5. The minimum Gasteiger partial charge on any atom is -0.350 e. The predicted molar refractivity (Wildman–Crippen MR) is 133 cm³/mol. The van der Waals surface area contributed by atoms with E-state index in [1.807, 2.05) is 53.4 Å². The average molecular weight is 470 g/mol. The monoisotopic (exact) mass is 469 g/mol. The third kappa shape index (κ3) is 4.46. The zero-order valence-electron chi connectivity index (χ0n) is 17.4. The highest BCUT2D eigenvalue weighted by Crippen LogP contribution is 2.35. The number of fused-ring (bicyclic) bond motifs is 1. The van der Waals surface area contributed by atoms with Gasteiger partial charge in [-0.3, -0.25) is 14.5 Å². The number of benzene rings is 1. The van der Waals surface area contributed by atoms with Gasteiger partial charge in [-0.2, -0.15) is 0 Å². The molecule has 0 aliphatic carbocycles.